The third-order valence-corrected chi connectivity index (χ3v) is 3.78. The van der Waals surface area contributed by atoms with Gasteiger partial charge in [0, 0.05) is 25.2 Å². The highest BCUT2D eigenvalue weighted by molar-refractivity contribution is 5.99. The van der Waals surface area contributed by atoms with Crippen molar-refractivity contribution >= 4 is 11.6 Å². The molecule has 1 aromatic carbocycles. The van der Waals surface area contributed by atoms with Crippen LogP contribution in [0.2, 0.25) is 0 Å². The Morgan fingerprint density at radius 3 is 2.90 bits per heavy atom. The molecule has 0 radical (unpaired) electrons. The van der Waals surface area contributed by atoms with Crippen molar-refractivity contribution < 1.29 is 9.72 Å². The Bertz CT molecular complexity index is 530. The van der Waals surface area contributed by atoms with Crippen LogP contribution >= 0.6 is 0 Å². The number of nitro groups is 1. The van der Waals surface area contributed by atoms with Crippen molar-refractivity contribution in [2.24, 2.45) is 0 Å². The topological polar surface area (TPSA) is 75.5 Å². The average Bonchev–Trinajstić information content (AvgIpc) is 2.46. The SMILES string of the molecule is CNC1CCCN(C(=O)c2c(C)cccc2[N+](=O)[O-])C1. The van der Waals surface area contributed by atoms with Crippen LogP contribution in [0.1, 0.15) is 28.8 Å². The molecule has 0 aliphatic carbocycles. The van der Waals surface area contributed by atoms with Crippen molar-refractivity contribution in [1.29, 1.82) is 0 Å². The zero-order valence-electron chi connectivity index (χ0n) is 11.8. The molecule has 1 saturated heterocycles. The number of hydrogen-bond acceptors (Lipinski definition) is 4. The van der Waals surface area contributed by atoms with Crippen molar-refractivity contribution in [3.8, 4) is 0 Å². The molecule has 6 heteroatoms. The van der Waals surface area contributed by atoms with E-state index in [-0.39, 0.29) is 23.2 Å². The molecule has 1 heterocycles. The summed E-state index contributed by atoms with van der Waals surface area (Å²) in [7, 11) is 1.87. The summed E-state index contributed by atoms with van der Waals surface area (Å²) in [6.45, 7) is 2.99. The first-order valence-corrected chi connectivity index (χ1v) is 6.75. The quantitative estimate of drug-likeness (QED) is 0.674. The molecule has 1 amide bonds. The molecule has 1 N–H and O–H groups in total. The van der Waals surface area contributed by atoms with E-state index in [1.54, 1.807) is 24.0 Å². The molecule has 1 unspecified atom stereocenters. The minimum atomic E-state index is -0.486. The predicted molar refractivity (Wildman–Crippen MR) is 75.8 cm³/mol. The van der Waals surface area contributed by atoms with Gasteiger partial charge in [0.15, 0.2) is 0 Å². The van der Waals surface area contributed by atoms with Gasteiger partial charge >= 0.3 is 0 Å². The van der Waals surface area contributed by atoms with Gasteiger partial charge in [-0.1, -0.05) is 12.1 Å². The van der Waals surface area contributed by atoms with E-state index in [0.29, 0.717) is 18.7 Å². The number of carbonyl (C=O) groups excluding carboxylic acids is 1. The minimum Gasteiger partial charge on any atom is -0.337 e. The summed E-state index contributed by atoms with van der Waals surface area (Å²) < 4.78 is 0. The molecule has 0 spiro atoms. The predicted octanol–water partition coefficient (Wildman–Crippen LogP) is 1.73. The van der Waals surface area contributed by atoms with Crippen LogP contribution < -0.4 is 5.32 Å². The van der Waals surface area contributed by atoms with Gasteiger partial charge in [-0.2, -0.15) is 0 Å². The van der Waals surface area contributed by atoms with Crippen LogP contribution in [-0.2, 0) is 0 Å². The molecular formula is C14H19N3O3. The van der Waals surface area contributed by atoms with E-state index in [1.165, 1.54) is 6.07 Å². The fourth-order valence-electron chi connectivity index (χ4n) is 2.64. The Hall–Kier alpha value is -1.95. The van der Waals surface area contributed by atoms with E-state index >= 15 is 0 Å². The lowest BCUT2D eigenvalue weighted by Crippen LogP contribution is -2.47. The highest BCUT2D eigenvalue weighted by Crippen LogP contribution is 2.25. The first-order valence-electron chi connectivity index (χ1n) is 6.75. The summed E-state index contributed by atoms with van der Waals surface area (Å²) >= 11 is 0. The van der Waals surface area contributed by atoms with E-state index in [4.69, 9.17) is 0 Å². The lowest BCUT2D eigenvalue weighted by Gasteiger charge is -2.32. The standard InChI is InChI=1S/C14H19N3O3/c1-10-5-3-7-12(17(19)20)13(10)14(18)16-8-4-6-11(9-16)15-2/h3,5,7,11,15H,4,6,8-9H2,1-2H3. The molecule has 1 aromatic rings. The lowest BCUT2D eigenvalue weighted by molar-refractivity contribution is -0.385. The Morgan fingerprint density at radius 2 is 2.25 bits per heavy atom. The zero-order chi connectivity index (χ0) is 14.7. The maximum Gasteiger partial charge on any atom is 0.282 e. The van der Waals surface area contributed by atoms with Crippen LogP contribution in [0.3, 0.4) is 0 Å². The monoisotopic (exact) mass is 277 g/mol. The molecule has 6 nitrogen and oxygen atoms in total. The van der Waals surface area contributed by atoms with Crippen molar-refractivity contribution in [2.45, 2.75) is 25.8 Å². The van der Waals surface area contributed by atoms with Gasteiger partial charge in [0.25, 0.3) is 11.6 Å². The van der Waals surface area contributed by atoms with Gasteiger partial charge in [-0.25, -0.2) is 0 Å². The lowest BCUT2D eigenvalue weighted by atomic mass is 10.0. The van der Waals surface area contributed by atoms with E-state index in [1.807, 2.05) is 7.05 Å². The Kier molecular flexibility index (Phi) is 4.34. The van der Waals surface area contributed by atoms with Gasteiger partial charge in [0.05, 0.1) is 4.92 Å². The van der Waals surface area contributed by atoms with E-state index in [0.717, 1.165) is 12.8 Å². The fourth-order valence-corrected chi connectivity index (χ4v) is 2.64. The number of aryl methyl sites for hydroxylation is 1. The summed E-state index contributed by atoms with van der Waals surface area (Å²) in [5.74, 6) is -0.241. The number of nitrogens with one attached hydrogen (secondary N) is 1. The van der Waals surface area contributed by atoms with Crippen LogP contribution in [0.15, 0.2) is 18.2 Å². The molecule has 2 rings (SSSR count). The Morgan fingerprint density at radius 1 is 1.50 bits per heavy atom. The third kappa shape index (κ3) is 2.80. The molecule has 1 fully saturated rings. The number of nitrogens with zero attached hydrogens (tertiary/aromatic N) is 2. The number of rotatable bonds is 3. The van der Waals surface area contributed by atoms with Crippen molar-refractivity contribution in [3.63, 3.8) is 0 Å². The summed E-state index contributed by atoms with van der Waals surface area (Å²) in [5, 5.41) is 14.3. The van der Waals surface area contributed by atoms with Gasteiger partial charge in [-0.15, -0.1) is 0 Å². The van der Waals surface area contributed by atoms with Crippen molar-refractivity contribution in [3.05, 3.63) is 39.4 Å². The van der Waals surface area contributed by atoms with Crippen molar-refractivity contribution in [1.82, 2.24) is 10.2 Å². The third-order valence-electron chi connectivity index (χ3n) is 3.78. The van der Waals surface area contributed by atoms with Crippen LogP contribution in [0.5, 0.6) is 0 Å². The molecule has 1 aliphatic rings. The molecule has 108 valence electrons. The maximum atomic E-state index is 12.6. The number of carbonyl (C=O) groups is 1. The summed E-state index contributed by atoms with van der Waals surface area (Å²) in [6.07, 6.45) is 1.94. The number of nitro benzene ring substituents is 1. The molecule has 0 bridgehead atoms. The van der Waals surface area contributed by atoms with Gasteiger partial charge in [0.2, 0.25) is 0 Å². The van der Waals surface area contributed by atoms with Gasteiger partial charge < -0.3 is 10.2 Å². The van der Waals surface area contributed by atoms with E-state index < -0.39 is 4.92 Å². The number of hydrogen-bond donors (Lipinski definition) is 1. The molecule has 1 atom stereocenters. The van der Waals surface area contributed by atoms with E-state index in [2.05, 4.69) is 5.32 Å². The maximum absolute atomic E-state index is 12.6. The highest BCUT2D eigenvalue weighted by Gasteiger charge is 2.29. The largest absolute Gasteiger partial charge is 0.337 e. The molecule has 1 aliphatic heterocycles. The van der Waals surface area contributed by atoms with Crippen LogP contribution in [0.4, 0.5) is 5.69 Å². The molecular weight excluding hydrogens is 258 g/mol. The summed E-state index contributed by atoms with van der Waals surface area (Å²) in [4.78, 5) is 24.9. The zero-order valence-corrected chi connectivity index (χ0v) is 11.8. The molecule has 0 aromatic heterocycles. The number of amides is 1. The number of likely N-dealkylation sites (tertiary alicyclic amines) is 1. The van der Waals surface area contributed by atoms with Crippen molar-refractivity contribution in [2.75, 3.05) is 20.1 Å². The fraction of sp³-hybridized carbons (Fsp3) is 0.500. The second-order valence-corrected chi connectivity index (χ2v) is 5.11. The summed E-state index contributed by atoms with van der Waals surface area (Å²) in [5.41, 5.74) is 0.756. The van der Waals surface area contributed by atoms with Crippen LogP contribution in [0, 0.1) is 17.0 Å². The first-order chi connectivity index (χ1) is 9.54. The van der Waals surface area contributed by atoms with Gasteiger partial charge in [-0.05, 0) is 32.4 Å². The average molecular weight is 277 g/mol. The van der Waals surface area contributed by atoms with Gasteiger partial charge in [0.1, 0.15) is 5.56 Å². The van der Waals surface area contributed by atoms with Crippen LogP contribution in [0.25, 0.3) is 0 Å². The first kappa shape index (κ1) is 14.5. The van der Waals surface area contributed by atoms with Gasteiger partial charge in [-0.3, -0.25) is 14.9 Å². The number of likely N-dealkylation sites (N-methyl/N-ethyl adjacent to an activating group) is 1. The highest BCUT2D eigenvalue weighted by atomic mass is 16.6. The second kappa shape index (κ2) is 6.00. The Labute approximate surface area is 117 Å². The molecule has 0 saturated carbocycles. The minimum absolute atomic E-state index is 0.110. The smallest absolute Gasteiger partial charge is 0.282 e. The second-order valence-electron chi connectivity index (χ2n) is 5.11. The molecule has 20 heavy (non-hydrogen) atoms. The number of benzene rings is 1. The van der Waals surface area contributed by atoms with Crippen LogP contribution in [-0.4, -0.2) is 41.9 Å². The van der Waals surface area contributed by atoms with E-state index in [9.17, 15) is 14.9 Å². The summed E-state index contributed by atoms with van der Waals surface area (Å²) in [6, 6.07) is 4.99. The normalized spacial score (nSPS) is 18.9. The number of piperidine rings is 1. The Balaban J connectivity index is 2.31.